The summed E-state index contributed by atoms with van der Waals surface area (Å²) < 4.78 is 5.70. The molecule has 0 aromatic carbocycles. The summed E-state index contributed by atoms with van der Waals surface area (Å²) in [5.74, 6) is 0. The Morgan fingerprint density at radius 3 is 3.05 bits per heavy atom. The van der Waals surface area contributed by atoms with E-state index in [0.29, 0.717) is 6.10 Å². The normalized spacial score (nSPS) is 19.5. The Labute approximate surface area is 121 Å². The van der Waals surface area contributed by atoms with Crippen molar-refractivity contribution >= 4 is 11.3 Å². The van der Waals surface area contributed by atoms with Crippen LogP contribution in [-0.4, -0.2) is 37.7 Å². The predicted octanol–water partition coefficient (Wildman–Crippen LogP) is 2.78. The van der Waals surface area contributed by atoms with Crippen LogP contribution in [0.3, 0.4) is 0 Å². The molecule has 0 aliphatic carbocycles. The van der Waals surface area contributed by atoms with Crippen LogP contribution >= 0.6 is 11.3 Å². The minimum absolute atomic E-state index is 0.449. The van der Waals surface area contributed by atoms with Crippen LogP contribution in [0.15, 0.2) is 6.07 Å². The molecule has 1 saturated heterocycles. The number of nitrogens with zero attached hydrogens (tertiary/aromatic N) is 1. The fourth-order valence-electron chi connectivity index (χ4n) is 2.57. The highest BCUT2D eigenvalue weighted by atomic mass is 32.1. The Morgan fingerprint density at radius 1 is 1.53 bits per heavy atom. The van der Waals surface area contributed by atoms with Gasteiger partial charge in [-0.25, -0.2) is 0 Å². The van der Waals surface area contributed by atoms with Crippen molar-refractivity contribution < 1.29 is 4.74 Å². The molecule has 1 aliphatic heterocycles. The second-order valence-electron chi connectivity index (χ2n) is 5.41. The van der Waals surface area contributed by atoms with Gasteiger partial charge in [0.15, 0.2) is 0 Å². The first kappa shape index (κ1) is 15.0. The number of aryl methyl sites for hydroxylation is 1. The standard InChI is InChI=1S/C15H26N2OS/c1-4-16-9-15-8-13(12(2)19-15)10-17(3)11-14-6-5-7-18-14/h8,14,16H,4-7,9-11H2,1-3H3. The van der Waals surface area contributed by atoms with Crippen LogP contribution in [0.5, 0.6) is 0 Å². The summed E-state index contributed by atoms with van der Waals surface area (Å²) in [6.45, 7) is 9.45. The Balaban J connectivity index is 1.84. The van der Waals surface area contributed by atoms with E-state index in [2.05, 4.69) is 37.2 Å². The van der Waals surface area contributed by atoms with E-state index in [1.807, 2.05) is 11.3 Å². The Hall–Kier alpha value is -0.420. The molecule has 1 atom stereocenters. The van der Waals surface area contributed by atoms with E-state index < -0.39 is 0 Å². The van der Waals surface area contributed by atoms with E-state index in [4.69, 9.17) is 4.74 Å². The summed E-state index contributed by atoms with van der Waals surface area (Å²) in [5.41, 5.74) is 1.47. The number of hydrogen-bond acceptors (Lipinski definition) is 4. The van der Waals surface area contributed by atoms with Crippen LogP contribution < -0.4 is 5.32 Å². The lowest BCUT2D eigenvalue weighted by molar-refractivity contribution is 0.0793. The van der Waals surface area contributed by atoms with Gasteiger partial charge in [-0.2, -0.15) is 0 Å². The molecule has 1 aliphatic rings. The van der Waals surface area contributed by atoms with Gasteiger partial charge < -0.3 is 10.1 Å². The van der Waals surface area contributed by atoms with Crippen molar-refractivity contribution in [2.75, 3.05) is 26.7 Å². The van der Waals surface area contributed by atoms with E-state index >= 15 is 0 Å². The molecular weight excluding hydrogens is 256 g/mol. The van der Waals surface area contributed by atoms with Gasteiger partial charge in [0.05, 0.1) is 6.10 Å². The highest BCUT2D eigenvalue weighted by molar-refractivity contribution is 7.12. The summed E-state index contributed by atoms with van der Waals surface area (Å²) in [7, 11) is 2.20. The van der Waals surface area contributed by atoms with Crippen LogP contribution in [0.4, 0.5) is 0 Å². The van der Waals surface area contributed by atoms with Gasteiger partial charge in [-0.3, -0.25) is 4.90 Å². The minimum atomic E-state index is 0.449. The quantitative estimate of drug-likeness (QED) is 0.832. The zero-order valence-electron chi connectivity index (χ0n) is 12.4. The number of thiophene rings is 1. The smallest absolute Gasteiger partial charge is 0.0702 e. The molecule has 0 bridgehead atoms. The Kier molecular flexibility index (Phi) is 5.82. The van der Waals surface area contributed by atoms with Crippen LogP contribution in [0.1, 0.15) is 35.1 Å². The molecule has 0 spiro atoms. The first-order valence-corrected chi connectivity index (χ1v) is 8.09. The molecule has 0 radical (unpaired) electrons. The number of rotatable bonds is 7. The lowest BCUT2D eigenvalue weighted by Gasteiger charge is -2.20. The maximum absolute atomic E-state index is 5.70. The van der Waals surface area contributed by atoms with Crippen molar-refractivity contribution in [2.24, 2.45) is 0 Å². The van der Waals surface area contributed by atoms with Crippen LogP contribution in [0, 0.1) is 6.92 Å². The number of nitrogens with one attached hydrogen (secondary N) is 1. The molecule has 1 fully saturated rings. The van der Waals surface area contributed by atoms with Crippen LogP contribution in [0.25, 0.3) is 0 Å². The molecule has 2 heterocycles. The van der Waals surface area contributed by atoms with Crippen molar-refractivity contribution in [1.29, 1.82) is 0 Å². The van der Waals surface area contributed by atoms with Crippen molar-refractivity contribution in [3.63, 3.8) is 0 Å². The van der Waals surface area contributed by atoms with Crippen molar-refractivity contribution in [3.05, 3.63) is 21.4 Å². The van der Waals surface area contributed by atoms with Gasteiger partial charge >= 0.3 is 0 Å². The molecule has 1 N–H and O–H groups in total. The van der Waals surface area contributed by atoms with E-state index in [1.54, 1.807) is 0 Å². The number of ether oxygens (including phenoxy) is 1. The van der Waals surface area contributed by atoms with Crippen molar-refractivity contribution in [2.45, 2.75) is 45.9 Å². The van der Waals surface area contributed by atoms with Crippen molar-refractivity contribution in [1.82, 2.24) is 10.2 Å². The first-order chi connectivity index (χ1) is 9.19. The molecular formula is C15H26N2OS. The molecule has 1 aromatic heterocycles. The highest BCUT2D eigenvalue weighted by Gasteiger charge is 2.18. The van der Waals surface area contributed by atoms with Gasteiger partial charge in [0.25, 0.3) is 0 Å². The average molecular weight is 282 g/mol. The maximum Gasteiger partial charge on any atom is 0.0702 e. The summed E-state index contributed by atoms with van der Waals surface area (Å²) in [6.07, 6.45) is 2.90. The number of hydrogen-bond donors (Lipinski definition) is 1. The second kappa shape index (κ2) is 7.39. The van der Waals surface area contributed by atoms with Gasteiger partial charge in [0.2, 0.25) is 0 Å². The maximum atomic E-state index is 5.70. The van der Waals surface area contributed by atoms with E-state index in [0.717, 1.165) is 32.8 Å². The van der Waals surface area contributed by atoms with Gasteiger partial charge in [-0.1, -0.05) is 6.92 Å². The lowest BCUT2D eigenvalue weighted by atomic mass is 10.2. The molecule has 2 rings (SSSR count). The molecule has 19 heavy (non-hydrogen) atoms. The largest absolute Gasteiger partial charge is 0.377 e. The van der Waals surface area contributed by atoms with E-state index in [1.165, 1.54) is 28.2 Å². The Morgan fingerprint density at radius 2 is 2.37 bits per heavy atom. The highest BCUT2D eigenvalue weighted by Crippen LogP contribution is 2.23. The fraction of sp³-hybridized carbons (Fsp3) is 0.733. The van der Waals surface area contributed by atoms with Crippen molar-refractivity contribution in [3.8, 4) is 0 Å². The zero-order chi connectivity index (χ0) is 13.7. The third kappa shape index (κ3) is 4.56. The molecule has 4 heteroatoms. The average Bonchev–Trinajstić information content (AvgIpc) is 2.98. The summed E-state index contributed by atoms with van der Waals surface area (Å²) in [6, 6.07) is 2.36. The molecule has 0 saturated carbocycles. The predicted molar refractivity (Wildman–Crippen MR) is 81.7 cm³/mol. The van der Waals surface area contributed by atoms with Gasteiger partial charge in [0.1, 0.15) is 0 Å². The third-order valence-electron chi connectivity index (χ3n) is 3.60. The van der Waals surface area contributed by atoms with Gasteiger partial charge in [-0.05, 0) is 45.0 Å². The van der Waals surface area contributed by atoms with Gasteiger partial charge in [0, 0.05) is 36.0 Å². The Bertz CT molecular complexity index is 385. The minimum Gasteiger partial charge on any atom is -0.377 e. The SMILES string of the molecule is CCNCc1cc(CN(C)CC2CCCO2)c(C)s1. The second-order valence-corrected chi connectivity index (χ2v) is 6.75. The zero-order valence-corrected chi connectivity index (χ0v) is 13.2. The first-order valence-electron chi connectivity index (χ1n) is 7.28. The molecule has 108 valence electrons. The van der Waals surface area contributed by atoms with E-state index in [9.17, 15) is 0 Å². The summed E-state index contributed by atoms with van der Waals surface area (Å²) >= 11 is 1.92. The van der Waals surface area contributed by atoms with Crippen LogP contribution in [-0.2, 0) is 17.8 Å². The molecule has 1 aromatic rings. The topological polar surface area (TPSA) is 24.5 Å². The van der Waals surface area contributed by atoms with Gasteiger partial charge in [-0.15, -0.1) is 11.3 Å². The molecule has 0 amide bonds. The summed E-state index contributed by atoms with van der Waals surface area (Å²) in [5, 5.41) is 3.39. The number of likely N-dealkylation sites (N-methyl/N-ethyl adjacent to an activating group) is 1. The molecule has 3 nitrogen and oxygen atoms in total. The lowest BCUT2D eigenvalue weighted by Crippen LogP contribution is -2.28. The molecule has 1 unspecified atom stereocenters. The summed E-state index contributed by atoms with van der Waals surface area (Å²) in [4.78, 5) is 5.29. The fourth-order valence-corrected chi connectivity index (χ4v) is 3.59. The van der Waals surface area contributed by atoms with E-state index in [-0.39, 0.29) is 0 Å². The van der Waals surface area contributed by atoms with Crippen LogP contribution in [0.2, 0.25) is 0 Å². The third-order valence-corrected chi connectivity index (χ3v) is 4.69. The monoisotopic (exact) mass is 282 g/mol.